The second-order valence-corrected chi connectivity index (χ2v) is 7.57. The van der Waals surface area contributed by atoms with Crippen molar-refractivity contribution in [2.45, 2.75) is 37.6 Å². The lowest BCUT2D eigenvalue weighted by Gasteiger charge is -2.31. The highest BCUT2D eigenvalue weighted by atomic mass is 32.2. The number of carbonyl (C=O) groups is 1. The number of hydrogen-bond donors (Lipinski definition) is 1. The van der Waals surface area contributed by atoms with Crippen LogP contribution in [0.25, 0.3) is 0 Å². The van der Waals surface area contributed by atoms with Crippen molar-refractivity contribution in [2.75, 3.05) is 26.7 Å². The van der Waals surface area contributed by atoms with Gasteiger partial charge in [0.05, 0.1) is 17.1 Å². The number of carbonyl (C=O) groups excluding carboxylic acids is 1. The average Bonchev–Trinajstić information content (AvgIpc) is 2.55. The molecule has 128 valence electrons. The summed E-state index contributed by atoms with van der Waals surface area (Å²) in [5.74, 6) is -0.502. The summed E-state index contributed by atoms with van der Waals surface area (Å²) in [4.78, 5) is 12.0. The van der Waals surface area contributed by atoms with Crippen LogP contribution in [0.4, 0.5) is 0 Å². The van der Waals surface area contributed by atoms with Gasteiger partial charge in [-0.3, -0.25) is 0 Å². The number of hydrogen-bond acceptors (Lipinski definition) is 5. The number of piperidine rings is 1. The number of ether oxygens (including phenoxy) is 1. The summed E-state index contributed by atoms with van der Waals surface area (Å²) in [5.41, 5.74) is 0.898. The Labute approximate surface area is 137 Å². The quantitative estimate of drug-likeness (QED) is 0.823. The molecule has 23 heavy (non-hydrogen) atoms. The van der Waals surface area contributed by atoms with Crippen LogP contribution < -0.4 is 5.32 Å². The molecule has 6 nitrogen and oxygen atoms in total. The summed E-state index contributed by atoms with van der Waals surface area (Å²) >= 11 is 0. The van der Waals surface area contributed by atoms with Crippen molar-refractivity contribution in [3.8, 4) is 0 Å². The summed E-state index contributed by atoms with van der Waals surface area (Å²) in [6.45, 7) is 4.68. The van der Waals surface area contributed by atoms with Gasteiger partial charge in [0.2, 0.25) is 10.0 Å². The molecular formula is C16H24N2O4S. The number of nitrogens with one attached hydrogen (secondary N) is 1. The van der Waals surface area contributed by atoms with E-state index in [-0.39, 0.29) is 17.1 Å². The largest absolute Gasteiger partial charge is 0.462 e. The third-order valence-electron chi connectivity index (χ3n) is 4.18. The summed E-state index contributed by atoms with van der Waals surface area (Å²) in [5, 5.41) is 3.18. The van der Waals surface area contributed by atoms with Crippen LogP contribution in [0.3, 0.4) is 0 Å². The van der Waals surface area contributed by atoms with Crippen LogP contribution in [0.15, 0.2) is 23.1 Å². The SMILES string of the molecule is CCOC(=O)c1ccc(C)c(S(=O)(=O)N2CCC(NC)CC2)c1. The lowest BCUT2D eigenvalue weighted by molar-refractivity contribution is 0.0526. The van der Waals surface area contributed by atoms with Gasteiger partial charge in [0, 0.05) is 19.1 Å². The average molecular weight is 340 g/mol. The molecule has 7 heteroatoms. The van der Waals surface area contributed by atoms with E-state index in [0.29, 0.717) is 24.7 Å². The fourth-order valence-corrected chi connectivity index (χ4v) is 4.46. The summed E-state index contributed by atoms with van der Waals surface area (Å²) in [6, 6.07) is 5.03. The molecule has 2 rings (SSSR count). The smallest absolute Gasteiger partial charge is 0.338 e. The Morgan fingerprint density at radius 2 is 2.00 bits per heavy atom. The van der Waals surface area contributed by atoms with Gasteiger partial charge in [-0.25, -0.2) is 13.2 Å². The first-order valence-corrected chi connectivity index (χ1v) is 9.29. The third kappa shape index (κ3) is 3.91. The number of sulfonamides is 1. The first-order valence-electron chi connectivity index (χ1n) is 7.85. The molecule has 0 spiro atoms. The molecule has 0 aliphatic carbocycles. The van der Waals surface area contributed by atoms with Crippen LogP contribution in [0, 0.1) is 6.92 Å². The van der Waals surface area contributed by atoms with E-state index in [1.165, 1.54) is 10.4 Å². The van der Waals surface area contributed by atoms with Crippen molar-refractivity contribution in [2.24, 2.45) is 0 Å². The predicted molar refractivity (Wildman–Crippen MR) is 88.0 cm³/mol. The van der Waals surface area contributed by atoms with Gasteiger partial charge in [0.25, 0.3) is 0 Å². The maximum atomic E-state index is 12.9. The van der Waals surface area contributed by atoms with Gasteiger partial charge in [-0.2, -0.15) is 4.31 Å². The zero-order valence-corrected chi connectivity index (χ0v) is 14.6. The van der Waals surface area contributed by atoms with E-state index in [2.05, 4.69) is 5.32 Å². The number of rotatable bonds is 5. The first kappa shape index (κ1) is 17.9. The molecule has 1 aromatic rings. The van der Waals surface area contributed by atoms with Crippen molar-refractivity contribution in [1.29, 1.82) is 0 Å². The van der Waals surface area contributed by atoms with Crippen LogP contribution in [0.2, 0.25) is 0 Å². The molecule has 1 saturated heterocycles. The van der Waals surface area contributed by atoms with E-state index >= 15 is 0 Å². The normalized spacial score (nSPS) is 17.2. The molecule has 1 fully saturated rings. The van der Waals surface area contributed by atoms with Gasteiger partial charge in [0.15, 0.2) is 0 Å². The Kier molecular flexibility index (Phi) is 5.78. The minimum absolute atomic E-state index is 0.186. The Bertz CT molecular complexity index is 665. The van der Waals surface area contributed by atoms with Crippen LogP contribution in [-0.4, -0.2) is 51.5 Å². The van der Waals surface area contributed by atoms with E-state index in [1.54, 1.807) is 26.0 Å². The van der Waals surface area contributed by atoms with Crippen molar-refractivity contribution < 1.29 is 17.9 Å². The van der Waals surface area contributed by atoms with Crippen LogP contribution in [0.1, 0.15) is 35.7 Å². The molecule has 1 aromatic carbocycles. The second-order valence-electron chi connectivity index (χ2n) is 5.67. The van der Waals surface area contributed by atoms with E-state index in [0.717, 1.165) is 12.8 Å². The minimum atomic E-state index is -3.60. The van der Waals surface area contributed by atoms with Crippen molar-refractivity contribution in [1.82, 2.24) is 9.62 Å². The number of esters is 1. The molecule has 1 heterocycles. The fourth-order valence-electron chi connectivity index (χ4n) is 2.74. The van der Waals surface area contributed by atoms with Crippen LogP contribution >= 0.6 is 0 Å². The summed E-state index contributed by atoms with van der Waals surface area (Å²) in [6.07, 6.45) is 1.57. The molecular weight excluding hydrogens is 316 g/mol. The summed E-state index contributed by atoms with van der Waals surface area (Å²) < 4.78 is 32.2. The highest BCUT2D eigenvalue weighted by molar-refractivity contribution is 7.89. The number of nitrogens with zero attached hydrogens (tertiary/aromatic N) is 1. The Hall–Kier alpha value is -1.44. The van der Waals surface area contributed by atoms with E-state index in [9.17, 15) is 13.2 Å². The van der Waals surface area contributed by atoms with Crippen LogP contribution in [0.5, 0.6) is 0 Å². The molecule has 1 aliphatic heterocycles. The maximum Gasteiger partial charge on any atom is 0.338 e. The van der Waals surface area contributed by atoms with Gasteiger partial charge in [-0.15, -0.1) is 0 Å². The second kappa shape index (κ2) is 7.42. The number of benzene rings is 1. The molecule has 0 bridgehead atoms. The lowest BCUT2D eigenvalue weighted by atomic mass is 10.1. The van der Waals surface area contributed by atoms with Gasteiger partial charge in [-0.05, 0) is 51.4 Å². The predicted octanol–water partition coefficient (Wildman–Crippen LogP) is 1.54. The molecule has 1 aliphatic rings. The fraction of sp³-hybridized carbons (Fsp3) is 0.562. The van der Waals surface area contributed by atoms with Crippen molar-refractivity contribution >= 4 is 16.0 Å². The van der Waals surface area contributed by atoms with Crippen LogP contribution in [-0.2, 0) is 14.8 Å². The molecule has 0 atom stereocenters. The molecule has 0 saturated carbocycles. The van der Waals surface area contributed by atoms with E-state index in [4.69, 9.17) is 4.74 Å². The highest BCUT2D eigenvalue weighted by Gasteiger charge is 2.30. The summed E-state index contributed by atoms with van der Waals surface area (Å²) in [7, 11) is -1.71. The van der Waals surface area contributed by atoms with Crippen molar-refractivity contribution in [3.63, 3.8) is 0 Å². The van der Waals surface area contributed by atoms with Gasteiger partial charge < -0.3 is 10.1 Å². The monoisotopic (exact) mass is 340 g/mol. The Morgan fingerprint density at radius 3 is 2.57 bits per heavy atom. The standard InChI is InChI=1S/C16H24N2O4S/c1-4-22-16(19)13-6-5-12(2)15(11-13)23(20,21)18-9-7-14(17-3)8-10-18/h5-6,11,14,17H,4,7-10H2,1-3H3. The number of aryl methyl sites for hydroxylation is 1. The highest BCUT2D eigenvalue weighted by Crippen LogP contribution is 2.24. The maximum absolute atomic E-state index is 12.9. The zero-order valence-electron chi connectivity index (χ0n) is 13.8. The van der Waals surface area contributed by atoms with E-state index in [1.807, 2.05) is 7.05 Å². The van der Waals surface area contributed by atoms with Crippen molar-refractivity contribution in [3.05, 3.63) is 29.3 Å². The molecule has 0 radical (unpaired) electrons. The molecule has 0 unspecified atom stereocenters. The minimum Gasteiger partial charge on any atom is -0.462 e. The molecule has 1 N–H and O–H groups in total. The van der Waals surface area contributed by atoms with Gasteiger partial charge in [-0.1, -0.05) is 6.07 Å². The van der Waals surface area contributed by atoms with Gasteiger partial charge >= 0.3 is 5.97 Å². The third-order valence-corrected chi connectivity index (χ3v) is 6.22. The lowest BCUT2D eigenvalue weighted by Crippen LogP contribution is -2.44. The zero-order chi connectivity index (χ0) is 17.0. The van der Waals surface area contributed by atoms with Gasteiger partial charge in [0.1, 0.15) is 0 Å². The topological polar surface area (TPSA) is 75.7 Å². The molecule has 0 aromatic heterocycles. The Balaban J connectivity index is 2.29. The molecule has 0 amide bonds. The Morgan fingerprint density at radius 1 is 1.35 bits per heavy atom. The first-order chi connectivity index (χ1) is 10.9. The van der Waals surface area contributed by atoms with E-state index < -0.39 is 16.0 Å².